The Balaban J connectivity index is 1.93. The highest BCUT2D eigenvalue weighted by Crippen LogP contribution is 2.40. The van der Waals surface area contributed by atoms with E-state index in [1.54, 1.807) is 18.2 Å². The van der Waals surface area contributed by atoms with Crippen LogP contribution in [0.25, 0.3) is 0 Å². The molecule has 1 saturated carbocycles. The lowest BCUT2D eigenvalue weighted by Gasteiger charge is -2.31. The predicted molar refractivity (Wildman–Crippen MR) is 85.2 cm³/mol. The van der Waals surface area contributed by atoms with Crippen molar-refractivity contribution in [3.8, 4) is 0 Å². The van der Waals surface area contributed by atoms with Crippen LogP contribution in [-0.4, -0.2) is 5.91 Å². The molecule has 2 aromatic carbocycles. The summed E-state index contributed by atoms with van der Waals surface area (Å²) in [7, 11) is 0. The summed E-state index contributed by atoms with van der Waals surface area (Å²) in [6.07, 6.45) is 3.57. The molecule has 0 atom stereocenters. The Morgan fingerprint density at radius 1 is 1.09 bits per heavy atom. The zero-order chi connectivity index (χ0) is 15.6. The summed E-state index contributed by atoms with van der Waals surface area (Å²) in [5, 5.41) is 3.11. The van der Waals surface area contributed by atoms with Crippen molar-refractivity contribution < 1.29 is 9.18 Å². The van der Waals surface area contributed by atoms with E-state index in [1.165, 1.54) is 6.07 Å². The molecule has 114 valence electrons. The minimum absolute atomic E-state index is 0.131. The Labute approximate surface area is 130 Å². The second kappa shape index (κ2) is 5.91. The molecule has 3 rings (SSSR count). The molecule has 1 fully saturated rings. The van der Waals surface area contributed by atoms with Gasteiger partial charge in [0.15, 0.2) is 0 Å². The van der Waals surface area contributed by atoms with Crippen LogP contribution in [0.5, 0.6) is 0 Å². The average Bonchev–Trinajstić information content (AvgIpc) is 2.97. The lowest BCUT2D eigenvalue weighted by Crippen LogP contribution is -2.44. The van der Waals surface area contributed by atoms with Gasteiger partial charge in [0.25, 0.3) is 5.91 Å². The molecule has 1 aliphatic rings. The van der Waals surface area contributed by atoms with Gasteiger partial charge in [-0.25, -0.2) is 4.39 Å². The molecular weight excluding hydrogens is 277 g/mol. The highest BCUT2D eigenvalue weighted by atomic mass is 19.1. The van der Waals surface area contributed by atoms with Crippen molar-refractivity contribution in [2.75, 3.05) is 0 Å². The molecular formula is C19H20FNO. The third-order valence-electron chi connectivity index (χ3n) is 4.48. The SMILES string of the molecule is Cc1cccc(C(=O)NC2(c3ccccc3F)CCCC2)c1. The van der Waals surface area contributed by atoms with Crippen molar-refractivity contribution in [3.63, 3.8) is 0 Å². The molecule has 1 N–H and O–H groups in total. The van der Waals surface area contributed by atoms with Gasteiger partial charge < -0.3 is 5.32 Å². The first kappa shape index (κ1) is 14.8. The van der Waals surface area contributed by atoms with Crippen LogP contribution in [0, 0.1) is 12.7 Å². The number of nitrogens with one attached hydrogen (secondary N) is 1. The lowest BCUT2D eigenvalue weighted by atomic mass is 9.87. The summed E-state index contributed by atoms with van der Waals surface area (Å²) in [5.41, 5.74) is 1.70. The van der Waals surface area contributed by atoms with Crippen molar-refractivity contribution in [2.45, 2.75) is 38.1 Å². The predicted octanol–water partition coefficient (Wildman–Crippen LogP) is 4.33. The molecule has 0 heterocycles. The number of aryl methyl sites for hydroxylation is 1. The Morgan fingerprint density at radius 3 is 2.50 bits per heavy atom. The Bertz CT molecular complexity index is 689. The van der Waals surface area contributed by atoms with E-state index in [0.717, 1.165) is 31.2 Å². The molecule has 0 bridgehead atoms. The van der Waals surface area contributed by atoms with E-state index in [9.17, 15) is 9.18 Å². The topological polar surface area (TPSA) is 29.1 Å². The number of carbonyl (C=O) groups is 1. The number of carbonyl (C=O) groups excluding carboxylic acids is 1. The van der Waals surface area contributed by atoms with E-state index in [-0.39, 0.29) is 11.7 Å². The normalized spacial score (nSPS) is 16.5. The maximum atomic E-state index is 14.3. The van der Waals surface area contributed by atoms with Crippen molar-refractivity contribution in [1.82, 2.24) is 5.32 Å². The van der Waals surface area contributed by atoms with E-state index in [2.05, 4.69) is 5.32 Å². The zero-order valence-corrected chi connectivity index (χ0v) is 12.7. The number of hydrogen-bond donors (Lipinski definition) is 1. The van der Waals surface area contributed by atoms with Crippen LogP contribution >= 0.6 is 0 Å². The third-order valence-corrected chi connectivity index (χ3v) is 4.48. The number of amides is 1. The van der Waals surface area contributed by atoms with Gasteiger partial charge in [-0.2, -0.15) is 0 Å². The van der Waals surface area contributed by atoms with E-state index < -0.39 is 5.54 Å². The first-order valence-electron chi connectivity index (χ1n) is 7.75. The van der Waals surface area contributed by atoms with Gasteiger partial charge in [0, 0.05) is 11.1 Å². The Hall–Kier alpha value is -2.16. The van der Waals surface area contributed by atoms with Crippen molar-refractivity contribution in [2.24, 2.45) is 0 Å². The van der Waals surface area contributed by atoms with Gasteiger partial charge >= 0.3 is 0 Å². The first-order chi connectivity index (χ1) is 10.6. The standard InChI is InChI=1S/C19H20FNO/c1-14-7-6-8-15(13-14)18(22)21-19(11-4-5-12-19)16-9-2-3-10-17(16)20/h2-3,6-10,13H,4-5,11-12H2,1H3,(H,21,22). The Kier molecular flexibility index (Phi) is 3.97. The second-order valence-electron chi connectivity index (χ2n) is 6.09. The molecule has 1 aliphatic carbocycles. The van der Waals surface area contributed by atoms with Gasteiger partial charge in [0.05, 0.1) is 5.54 Å². The highest BCUT2D eigenvalue weighted by molar-refractivity contribution is 5.95. The number of rotatable bonds is 3. The number of halogens is 1. The van der Waals surface area contributed by atoms with E-state index in [0.29, 0.717) is 11.1 Å². The summed E-state index contributed by atoms with van der Waals surface area (Å²) in [4.78, 5) is 12.6. The molecule has 0 aliphatic heterocycles. The maximum absolute atomic E-state index is 14.3. The van der Waals surface area contributed by atoms with Gasteiger partial charge in [-0.05, 0) is 38.0 Å². The summed E-state index contributed by atoms with van der Waals surface area (Å²) in [5.74, 6) is -0.372. The van der Waals surface area contributed by atoms with Crippen molar-refractivity contribution in [3.05, 3.63) is 71.0 Å². The number of hydrogen-bond acceptors (Lipinski definition) is 1. The molecule has 0 aromatic heterocycles. The van der Waals surface area contributed by atoms with E-state index in [4.69, 9.17) is 0 Å². The fraction of sp³-hybridized carbons (Fsp3) is 0.316. The van der Waals surface area contributed by atoms with Crippen LogP contribution < -0.4 is 5.32 Å². The molecule has 0 unspecified atom stereocenters. The van der Waals surface area contributed by atoms with Gasteiger partial charge in [-0.1, -0.05) is 48.7 Å². The summed E-state index contributed by atoms with van der Waals surface area (Å²) in [6.45, 7) is 1.96. The van der Waals surface area contributed by atoms with Gasteiger partial charge in [0.1, 0.15) is 5.82 Å². The number of benzene rings is 2. The molecule has 1 amide bonds. The van der Waals surface area contributed by atoms with E-state index in [1.807, 2.05) is 31.2 Å². The van der Waals surface area contributed by atoms with Crippen LogP contribution in [0.4, 0.5) is 4.39 Å². The smallest absolute Gasteiger partial charge is 0.251 e. The summed E-state index contributed by atoms with van der Waals surface area (Å²) >= 11 is 0. The van der Waals surface area contributed by atoms with Crippen LogP contribution in [0.15, 0.2) is 48.5 Å². The van der Waals surface area contributed by atoms with E-state index >= 15 is 0 Å². The average molecular weight is 297 g/mol. The van der Waals surface area contributed by atoms with Gasteiger partial charge in [-0.15, -0.1) is 0 Å². The monoisotopic (exact) mass is 297 g/mol. The molecule has 2 nitrogen and oxygen atoms in total. The lowest BCUT2D eigenvalue weighted by molar-refractivity contribution is 0.0896. The Morgan fingerprint density at radius 2 is 1.82 bits per heavy atom. The second-order valence-corrected chi connectivity index (χ2v) is 6.09. The molecule has 0 radical (unpaired) electrons. The zero-order valence-electron chi connectivity index (χ0n) is 12.7. The van der Waals surface area contributed by atoms with Gasteiger partial charge in [-0.3, -0.25) is 4.79 Å². The first-order valence-corrected chi connectivity index (χ1v) is 7.75. The molecule has 2 aromatic rings. The minimum Gasteiger partial charge on any atom is -0.342 e. The van der Waals surface area contributed by atoms with Crippen LogP contribution in [0.3, 0.4) is 0 Å². The highest BCUT2D eigenvalue weighted by Gasteiger charge is 2.39. The maximum Gasteiger partial charge on any atom is 0.251 e. The summed E-state index contributed by atoms with van der Waals surface area (Å²) in [6, 6.07) is 14.3. The quantitative estimate of drug-likeness (QED) is 0.897. The molecule has 22 heavy (non-hydrogen) atoms. The van der Waals surface area contributed by atoms with Crippen molar-refractivity contribution in [1.29, 1.82) is 0 Å². The van der Waals surface area contributed by atoms with Crippen LogP contribution in [0.2, 0.25) is 0 Å². The van der Waals surface area contributed by atoms with Crippen LogP contribution in [0.1, 0.15) is 47.2 Å². The molecule has 0 saturated heterocycles. The fourth-order valence-electron chi connectivity index (χ4n) is 3.37. The third kappa shape index (κ3) is 2.76. The molecule has 3 heteroatoms. The molecule has 0 spiro atoms. The van der Waals surface area contributed by atoms with Crippen molar-refractivity contribution >= 4 is 5.91 Å². The summed E-state index contributed by atoms with van der Waals surface area (Å²) < 4.78 is 14.3. The van der Waals surface area contributed by atoms with Gasteiger partial charge in [0.2, 0.25) is 0 Å². The minimum atomic E-state index is -0.577. The largest absolute Gasteiger partial charge is 0.342 e. The van der Waals surface area contributed by atoms with Crippen LogP contribution in [-0.2, 0) is 5.54 Å². The fourth-order valence-corrected chi connectivity index (χ4v) is 3.37.